The fraction of sp³-hybridized carbons (Fsp3) is 0.959. The molecule has 0 aromatic rings. The Bertz CT molecular complexity index is 1390. The van der Waals surface area contributed by atoms with Crippen molar-refractivity contribution in [2.24, 2.45) is 0 Å². The Kier molecular flexibility index (Phi) is 60.7. The van der Waals surface area contributed by atoms with E-state index in [1.54, 1.807) is 0 Å². The van der Waals surface area contributed by atoms with E-state index in [1.165, 1.54) is 315 Å². The van der Waals surface area contributed by atoms with Crippen LogP contribution in [0.1, 0.15) is 386 Å². The normalized spacial score (nSPS) is 18.8. The van der Waals surface area contributed by atoms with Gasteiger partial charge in [0, 0.05) is 0 Å². The van der Waals surface area contributed by atoms with Crippen LogP contribution in [0.25, 0.3) is 0 Å². The number of hydrogen-bond acceptors (Lipinski definition) is 10. The summed E-state index contributed by atoms with van der Waals surface area (Å²) in [7, 11) is 0. The van der Waals surface area contributed by atoms with Crippen molar-refractivity contribution < 1.29 is 50.0 Å². The predicted molar refractivity (Wildman–Crippen MR) is 358 cm³/mol. The summed E-state index contributed by atoms with van der Waals surface area (Å²) in [5, 5.41) is 76.6. The third kappa shape index (κ3) is 50.2. The third-order valence-electron chi connectivity index (χ3n) is 18.6. The molecule has 11 heteroatoms. The van der Waals surface area contributed by atoms with E-state index in [-0.39, 0.29) is 12.8 Å². The van der Waals surface area contributed by atoms with Crippen molar-refractivity contribution in [3.8, 4) is 0 Å². The van der Waals surface area contributed by atoms with E-state index in [0.29, 0.717) is 12.8 Å². The minimum atomic E-state index is -1.67. The smallest absolute Gasteiger partial charge is 0.249 e. The van der Waals surface area contributed by atoms with Gasteiger partial charge < -0.3 is 50.5 Å². The molecule has 0 bridgehead atoms. The number of aliphatic hydroxyl groups excluding tert-OH is 7. The number of nitrogens with one attached hydrogen (secondary N) is 1. The number of carbonyl (C=O) groups is 1. The highest BCUT2D eigenvalue weighted by atomic mass is 16.7. The molecule has 0 saturated carbocycles. The average molecular weight is 1210 g/mol. The molecule has 9 atom stereocenters. The van der Waals surface area contributed by atoms with Gasteiger partial charge in [-0.3, -0.25) is 4.79 Å². The molecule has 1 rings (SSSR count). The van der Waals surface area contributed by atoms with Crippen LogP contribution in [-0.2, 0) is 14.3 Å². The minimum absolute atomic E-state index is 0.260. The fourth-order valence-corrected chi connectivity index (χ4v) is 12.6. The quantitative estimate of drug-likeness (QED) is 0.0215. The highest BCUT2D eigenvalue weighted by Gasteiger charge is 2.44. The van der Waals surface area contributed by atoms with E-state index in [0.717, 1.165) is 32.1 Å². The van der Waals surface area contributed by atoms with Crippen molar-refractivity contribution >= 4 is 5.91 Å². The maximum absolute atomic E-state index is 13.3. The summed E-state index contributed by atoms with van der Waals surface area (Å²) < 4.78 is 11.2. The van der Waals surface area contributed by atoms with Crippen LogP contribution in [0.15, 0.2) is 12.2 Å². The summed E-state index contributed by atoms with van der Waals surface area (Å²) in [4.78, 5) is 13.3. The van der Waals surface area contributed by atoms with Gasteiger partial charge in [-0.1, -0.05) is 360 Å². The lowest BCUT2D eigenvalue weighted by atomic mass is 9.98. The van der Waals surface area contributed by atoms with E-state index >= 15 is 0 Å². The van der Waals surface area contributed by atoms with Gasteiger partial charge in [-0.25, -0.2) is 0 Å². The fourth-order valence-electron chi connectivity index (χ4n) is 12.6. The van der Waals surface area contributed by atoms with Crippen LogP contribution in [-0.4, -0.2) is 110 Å². The number of aliphatic hydroxyl groups is 7. The van der Waals surface area contributed by atoms with Crippen molar-refractivity contribution in [2.45, 2.75) is 441 Å². The Morgan fingerprint density at radius 2 is 0.694 bits per heavy atom. The molecule has 1 aliphatic heterocycles. The molecule has 0 radical (unpaired) electrons. The zero-order valence-corrected chi connectivity index (χ0v) is 56.1. The van der Waals surface area contributed by atoms with Crippen molar-refractivity contribution in [1.29, 1.82) is 0 Å². The number of amides is 1. The summed E-state index contributed by atoms with van der Waals surface area (Å²) in [6.07, 6.45) is 67.5. The molecule has 1 fully saturated rings. The second-order valence-corrected chi connectivity index (χ2v) is 26.7. The standard InChI is InChI=1S/C74H145NO10/c1-3-5-7-9-11-13-15-17-19-21-23-25-27-29-31-33-34-36-38-40-42-44-46-48-50-52-54-56-58-60-62-67(78)73(83)75-65(64-84-74-72(82)71(81)70(80)68(63-76)85-74)69(79)66(77)61-59-57-55-53-51-49-47-45-43-41-39-37-35-32-30-28-26-24-22-20-18-16-14-12-10-8-6-4-2/h53,55,65-72,74,76-82H,3-52,54,56-64H2,1-2H3,(H,75,83)/b55-53+. The highest BCUT2D eigenvalue weighted by Crippen LogP contribution is 2.24. The lowest BCUT2D eigenvalue weighted by molar-refractivity contribution is -0.303. The van der Waals surface area contributed by atoms with Crippen molar-refractivity contribution in [2.75, 3.05) is 13.2 Å². The van der Waals surface area contributed by atoms with E-state index in [2.05, 4.69) is 31.3 Å². The summed E-state index contributed by atoms with van der Waals surface area (Å²) in [5.41, 5.74) is 0. The van der Waals surface area contributed by atoms with Gasteiger partial charge in [0.2, 0.25) is 5.91 Å². The Balaban J connectivity index is 2.17. The monoisotopic (exact) mass is 1210 g/mol. The molecule has 0 aromatic carbocycles. The number of rotatable bonds is 67. The lowest BCUT2D eigenvalue weighted by Gasteiger charge is -2.40. The molecule has 8 N–H and O–H groups in total. The SMILES string of the molecule is CCCCCCCCCCCCCCCCCCCCCCCCC/C=C/CCCC(O)C(O)C(COC1OC(CO)C(O)C(O)C1O)NC(=O)C(O)CCCCCCCCCCCCCCCCCCCCCCCCCCCCCCCC. The van der Waals surface area contributed by atoms with Gasteiger partial charge in [0.25, 0.3) is 0 Å². The average Bonchev–Trinajstić information content (AvgIpc) is 3.67. The topological polar surface area (TPSA) is 189 Å². The van der Waals surface area contributed by atoms with Gasteiger partial charge in [-0.15, -0.1) is 0 Å². The first-order chi connectivity index (χ1) is 41.7. The van der Waals surface area contributed by atoms with Gasteiger partial charge >= 0.3 is 0 Å². The van der Waals surface area contributed by atoms with Gasteiger partial charge in [-0.2, -0.15) is 0 Å². The predicted octanol–water partition coefficient (Wildman–Crippen LogP) is 18.6. The Hall–Kier alpha value is -1.15. The number of ether oxygens (including phenoxy) is 2. The van der Waals surface area contributed by atoms with Crippen molar-refractivity contribution in [1.82, 2.24) is 5.32 Å². The molecule has 9 unspecified atom stereocenters. The molecule has 1 amide bonds. The van der Waals surface area contributed by atoms with Crippen LogP contribution >= 0.6 is 0 Å². The Labute approximate surface area is 525 Å². The molecule has 1 saturated heterocycles. The second kappa shape index (κ2) is 63.0. The second-order valence-electron chi connectivity index (χ2n) is 26.7. The molecule has 1 heterocycles. The van der Waals surface area contributed by atoms with Crippen LogP contribution in [0, 0.1) is 0 Å². The van der Waals surface area contributed by atoms with Crippen LogP contribution < -0.4 is 5.32 Å². The molecule has 0 spiro atoms. The molecular formula is C74H145NO10. The molecule has 1 aliphatic rings. The van der Waals surface area contributed by atoms with Crippen molar-refractivity contribution in [3.05, 3.63) is 12.2 Å². The molecule has 85 heavy (non-hydrogen) atoms. The van der Waals surface area contributed by atoms with E-state index in [1.807, 2.05) is 0 Å². The van der Waals surface area contributed by atoms with Crippen molar-refractivity contribution in [3.63, 3.8) is 0 Å². The molecule has 0 aromatic heterocycles. The maximum Gasteiger partial charge on any atom is 0.249 e. The first kappa shape index (κ1) is 81.9. The van der Waals surface area contributed by atoms with E-state index in [9.17, 15) is 40.5 Å². The highest BCUT2D eigenvalue weighted by molar-refractivity contribution is 5.80. The van der Waals surface area contributed by atoms with Crippen LogP contribution in [0.4, 0.5) is 0 Å². The summed E-state index contributed by atoms with van der Waals surface area (Å²) in [5.74, 6) is -0.697. The Morgan fingerprint density at radius 3 is 1.01 bits per heavy atom. The van der Waals surface area contributed by atoms with Crippen LogP contribution in [0.2, 0.25) is 0 Å². The first-order valence-electron chi connectivity index (χ1n) is 37.6. The van der Waals surface area contributed by atoms with Gasteiger partial charge in [0.15, 0.2) is 6.29 Å². The zero-order chi connectivity index (χ0) is 61.7. The maximum atomic E-state index is 13.3. The first-order valence-corrected chi connectivity index (χ1v) is 37.6. The summed E-state index contributed by atoms with van der Waals surface area (Å²) in [6.45, 7) is 3.52. The number of allylic oxidation sites excluding steroid dienone is 2. The van der Waals surface area contributed by atoms with Crippen LogP contribution in [0.3, 0.4) is 0 Å². The van der Waals surface area contributed by atoms with Gasteiger partial charge in [-0.05, 0) is 38.5 Å². The largest absolute Gasteiger partial charge is 0.394 e. The summed E-state index contributed by atoms with van der Waals surface area (Å²) >= 11 is 0. The third-order valence-corrected chi connectivity index (χ3v) is 18.6. The summed E-state index contributed by atoms with van der Waals surface area (Å²) in [6, 6.07) is -1.18. The van der Waals surface area contributed by atoms with Crippen LogP contribution in [0.5, 0.6) is 0 Å². The van der Waals surface area contributed by atoms with Gasteiger partial charge in [0.1, 0.15) is 36.6 Å². The molecule has 506 valence electrons. The van der Waals surface area contributed by atoms with Gasteiger partial charge in [0.05, 0.1) is 25.4 Å². The van der Waals surface area contributed by atoms with E-state index in [4.69, 9.17) is 9.47 Å². The molecule has 11 nitrogen and oxygen atoms in total. The molecular weight excluding hydrogens is 1060 g/mol. The van der Waals surface area contributed by atoms with E-state index < -0.39 is 74.2 Å². The molecule has 0 aliphatic carbocycles. The number of hydrogen-bond donors (Lipinski definition) is 8. The number of unbranched alkanes of at least 4 members (excludes halogenated alkanes) is 53. The zero-order valence-electron chi connectivity index (χ0n) is 56.1. The minimum Gasteiger partial charge on any atom is -0.394 e. The lowest BCUT2D eigenvalue weighted by Crippen LogP contribution is -2.60. The Morgan fingerprint density at radius 1 is 0.400 bits per heavy atom. The number of carbonyl (C=O) groups excluding carboxylic acids is 1.